The van der Waals surface area contributed by atoms with Crippen LogP contribution in [-0.4, -0.2) is 73.9 Å². The number of benzene rings is 2. The van der Waals surface area contributed by atoms with Gasteiger partial charge in [-0.3, -0.25) is 15.2 Å². The zero-order valence-electron chi connectivity index (χ0n) is 21.9. The Morgan fingerprint density at radius 3 is 2.42 bits per heavy atom. The predicted molar refractivity (Wildman–Crippen MR) is 144 cm³/mol. The quantitative estimate of drug-likeness (QED) is 0.133. The van der Waals surface area contributed by atoms with Crippen molar-refractivity contribution < 1.29 is 9.59 Å². The van der Waals surface area contributed by atoms with Crippen molar-refractivity contribution in [3.63, 3.8) is 0 Å². The van der Waals surface area contributed by atoms with Crippen LogP contribution in [0.2, 0.25) is 0 Å². The highest BCUT2D eigenvalue weighted by Gasteiger charge is 2.15. The van der Waals surface area contributed by atoms with Gasteiger partial charge in [0.1, 0.15) is 5.84 Å². The molecule has 2 aromatic rings. The van der Waals surface area contributed by atoms with Gasteiger partial charge in [0.15, 0.2) is 0 Å². The third kappa shape index (κ3) is 7.53. The first-order chi connectivity index (χ1) is 17.1. The van der Waals surface area contributed by atoms with E-state index in [9.17, 15) is 9.59 Å². The number of nitrogens with two attached hydrogens (primary N) is 1. The van der Waals surface area contributed by atoms with Crippen LogP contribution in [0.4, 0.5) is 10.5 Å². The van der Waals surface area contributed by atoms with Gasteiger partial charge < -0.3 is 20.4 Å². The van der Waals surface area contributed by atoms with Crippen molar-refractivity contribution in [2.24, 2.45) is 5.84 Å². The van der Waals surface area contributed by atoms with E-state index < -0.39 is 0 Å². The number of carbonyl (C=O) groups is 2. The minimum absolute atomic E-state index is 0.0378. The molecule has 1 aliphatic carbocycles. The predicted octanol–water partition coefficient (Wildman–Crippen LogP) is 3.04. The molecule has 3 rings (SSSR count). The van der Waals surface area contributed by atoms with E-state index in [2.05, 4.69) is 40.8 Å². The molecule has 0 spiro atoms. The molecule has 0 saturated carbocycles. The molecule has 1 aliphatic rings. The number of urea groups is 1. The Balaban J connectivity index is 1.45. The van der Waals surface area contributed by atoms with Gasteiger partial charge in [0.2, 0.25) is 0 Å². The van der Waals surface area contributed by atoms with E-state index in [1.54, 1.807) is 39.3 Å². The topological polar surface area (TPSA) is 118 Å². The van der Waals surface area contributed by atoms with Crippen LogP contribution in [0, 0.1) is 5.41 Å². The Morgan fingerprint density at radius 2 is 1.69 bits per heavy atom. The van der Waals surface area contributed by atoms with Gasteiger partial charge in [-0.1, -0.05) is 18.2 Å². The fraction of sp³-hybridized carbons (Fsp3) is 0.444. The van der Waals surface area contributed by atoms with E-state index >= 15 is 0 Å². The Labute approximate surface area is 214 Å². The van der Waals surface area contributed by atoms with Crippen molar-refractivity contribution >= 4 is 23.5 Å². The van der Waals surface area contributed by atoms with Gasteiger partial charge in [0.25, 0.3) is 5.91 Å². The van der Waals surface area contributed by atoms with Gasteiger partial charge in [-0.15, -0.1) is 0 Å². The Bertz CT molecular complexity index is 1060. The fourth-order valence-electron chi connectivity index (χ4n) is 4.42. The summed E-state index contributed by atoms with van der Waals surface area (Å²) in [5.74, 6) is 5.51. The fourth-order valence-corrected chi connectivity index (χ4v) is 4.42. The first-order valence-electron chi connectivity index (χ1n) is 12.4. The van der Waals surface area contributed by atoms with Crippen LogP contribution < -0.4 is 16.5 Å². The van der Waals surface area contributed by atoms with Crippen LogP contribution >= 0.6 is 0 Å². The Morgan fingerprint density at radius 1 is 0.972 bits per heavy atom. The van der Waals surface area contributed by atoms with Crippen molar-refractivity contribution in [1.82, 2.24) is 20.1 Å². The molecule has 0 saturated heterocycles. The molecule has 0 atom stereocenters. The number of amides is 3. The minimum atomic E-state index is -0.352. The summed E-state index contributed by atoms with van der Waals surface area (Å²) in [5.41, 5.74) is 5.60. The molecule has 0 aromatic heterocycles. The molecule has 0 heterocycles. The number of nitrogens with zero attached hydrogens (tertiary/aromatic N) is 3. The number of hydrazine groups is 1. The molecule has 36 heavy (non-hydrogen) atoms. The molecule has 0 unspecified atom stereocenters. The molecule has 0 fully saturated rings. The van der Waals surface area contributed by atoms with E-state index in [0.29, 0.717) is 23.4 Å². The number of hydrogen-bond donors (Lipinski definition) is 4. The van der Waals surface area contributed by atoms with Crippen LogP contribution in [0.5, 0.6) is 0 Å². The second kappa shape index (κ2) is 12.5. The number of aryl methyl sites for hydroxylation is 2. The van der Waals surface area contributed by atoms with Gasteiger partial charge in [-0.2, -0.15) is 0 Å². The van der Waals surface area contributed by atoms with Crippen molar-refractivity contribution in [1.29, 1.82) is 5.41 Å². The molecular weight excluding hydrogens is 454 g/mol. The summed E-state index contributed by atoms with van der Waals surface area (Å²) >= 11 is 0. The zero-order valence-corrected chi connectivity index (χ0v) is 21.9. The monoisotopic (exact) mass is 493 g/mol. The molecule has 3 amide bonds. The van der Waals surface area contributed by atoms with Crippen LogP contribution in [0.25, 0.3) is 0 Å². The lowest BCUT2D eigenvalue weighted by atomic mass is 10.1. The highest BCUT2D eigenvalue weighted by Crippen LogP contribution is 2.23. The first kappa shape index (κ1) is 27.2. The van der Waals surface area contributed by atoms with E-state index in [1.807, 2.05) is 0 Å². The van der Waals surface area contributed by atoms with Gasteiger partial charge in [-0.05, 0) is 80.6 Å². The molecule has 194 valence electrons. The summed E-state index contributed by atoms with van der Waals surface area (Å²) in [6.45, 7) is 2.43. The number of unbranched alkanes of at least 4 members (excludes halogenated alkanes) is 1. The third-order valence-electron chi connectivity index (χ3n) is 6.34. The Hall–Kier alpha value is -3.43. The molecule has 0 aliphatic heterocycles. The normalized spacial score (nSPS) is 12.3. The molecule has 0 radical (unpaired) electrons. The maximum atomic E-state index is 12.5. The Kier molecular flexibility index (Phi) is 9.44. The first-order valence-corrected chi connectivity index (χ1v) is 12.4. The summed E-state index contributed by atoms with van der Waals surface area (Å²) in [7, 11) is 6.98. The van der Waals surface area contributed by atoms with E-state index in [0.717, 1.165) is 30.9 Å². The number of anilines is 1. The maximum Gasteiger partial charge on any atom is 0.319 e. The van der Waals surface area contributed by atoms with E-state index in [1.165, 1.54) is 40.9 Å². The average molecular weight is 494 g/mol. The van der Waals surface area contributed by atoms with Crippen LogP contribution in [-0.2, 0) is 19.4 Å². The van der Waals surface area contributed by atoms with Gasteiger partial charge in [0, 0.05) is 51.0 Å². The number of amidine groups is 1. The maximum absolute atomic E-state index is 12.5. The molecule has 5 N–H and O–H groups in total. The number of hydrogen-bond acceptors (Lipinski definition) is 5. The number of rotatable bonds is 10. The summed E-state index contributed by atoms with van der Waals surface area (Å²) in [6.07, 6.45) is 5.50. The third-order valence-corrected chi connectivity index (χ3v) is 6.34. The molecule has 9 nitrogen and oxygen atoms in total. The number of nitrogens with one attached hydrogen (secondary N) is 3. The highest BCUT2D eigenvalue weighted by atomic mass is 16.2. The largest absolute Gasteiger partial charge is 0.345 e. The van der Waals surface area contributed by atoms with Gasteiger partial charge in [-0.25, -0.2) is 10.6 Å². The van der Waals surface area contributed by atoms with Crippen LogP contribution in [0.1, 0.15) is 51.9 Å². The van der Waals surface area contributed by atoms with Crippen molar-refractivity contribution in [2.75, 3.05) is 46.6 Å². The summed E-state index contributed by atoms with van der Waals surface area (Å²) in [5, 5.41) is 15.0. The highest BCUT2D eigenvalue weighted by molar-refractivity contribution is 6.03. The van der Waals surface area contributed by atoms with Crippen molar-refractivity contribution in [3.05, 3.63) is 64.2 Å². The lowest BCUT2D eigenvalue weighted by Crippen LogP contribution is -2.34. The van der Waals surface area contributed by atoms with Crippen LogP contribution in [0.3, 0.4) is 0 Å². The smallest absolute Gasteiger partial charge is 0.319 e. The second-order valence-corrected chi connectivity index (χ2v) is 9.74. The van der Waals surface area contributed by atoms with E-state index in [4.69, 9.17) is 11.3 Å². The van der Waals surface area contributed by atoms with Crippen molar-refractivity contribution in [2.45, 2.75) is 38.6 Å². The molecular formula is C27H39N7O2. The summed E-state index contributed by atoms with van der Waals surface area (Å²) in [4.78, 5) is 28.7. The summed E-state index contributed by atoms with van der Waals surface area (Å²) < 4.78 is 0. The molecule has 2 aromatic carbocycles. The van der Waals surface area contributed by atoms with Gasteiger partial charge >= 0.3 is 6.03 Å². The van der Waals surface area contributed by atoms with E-state index in [-0.39, 0.29) is 17.8 Å². The van der Waals surface area contributed by atoms with Crippen molar-refractivity contribution in [3.8, 4) is 0 Å². The zero-order chi connectivity index (χ0) is 26.2. The lowest BCUT2D eigenvalue weighted by Gasteiger charge is -2.18. The lowest BCUT2D eigenvalue weighted by molar-refractivity contribution is 0.0827. The molecule has 9 heteroatoms. The second-order valence-electron chi connectivity index (χ2n) is 9.74. The molecule has 0 bridgehead atoms. The average Bonchev–Trinajstić information content (AvgIpc) is 3.30. The van der Waals surface area contributed by atoms with Crippen LogP contribution in [0.15, 0.2) is 36.4 Å². The standard InChI is InChI=1S/C27H39N7O2/c1-32(2)26(35)23-15-22(25(28)34(4)29)16-24(17-23)31-27(36)30-12-5-6-13-33(3)18-19-10-11-20-8-7-9-21(20)14-19/h10-11,14-17,28H,5-9,12-13,18,29H2,1-4H3,(H2,30,31,36). The van der Waals surface area contributed by atoms with Gasteiger partial charge in [0.05, 0.1) is 0 Å². The SMILES string of the molecule is CN(CCCCNC(=O)Nc1cc(C(=N)N(C)N)cc(C(=O)N(C)C)c1)Cc1ccc2c(c1)CCC2. The number of carbonyl (C=O) groups excluding carboxylic acids is 2. The summed E-state index contributed by atoms with van der Waals surface area (Å²) in [6, 6.07) is 11.3. The minimum Gasteiger partial charge on any atom is -0.345 e. The number of fused-ring (bicyclic) bond motifs is 1.